The number of aryl methyl sites for hydroxylation is 1. The molecule has 35 heavy (non-hydrogen) atoms. The SMILES string of the molecule is CCN(CC)c1ccc(-n2nc3cc(C)c(N4COCC(C(=O)OC)=C4C(=O)OC)cc3n2)cc1. The maximum atomic E-state index is 12.6. The topological polar surface area (TPSA) is 99.0 Å². The van der Waals surface area contributed by atoms with E-state index in [1.165, 1.54) is 14.2 Å². The zero-order valence-corrected chi connectivity index (χ0v) is 20.6. The first-order valence-electron chi connectivity index (χ1n) is 11.4. The summed E-state index contributed by atoms with van der Waals surface area (Å²) >= 11 is 0. The minimum Gasteiger partial charge on any atom is -0.466 e. The van der Waals surface area contributed by atoms with Gasteiger partial charge in [0.1, 0.15) is 23.5 Å². The molecule has 0 spiro atoms. The number of hydrogen-bond donors (Lipinski definition) is 0. The summed E-state index contributed by atoms with van der Waals surface area (Å²) in [6.07, 6.45) is 0. The number of ether oxygens (including phenoxy) is 3. The number of carbonyl (C=O) groups excluding carboxylic acids is 2. The normalized spacial score (nSPS) is 13.8. The van der Waals surface area contributed by atoms with E-state index in [9.17, 15) is 9.59 Å². The van der Waals surface area contributed by atoms with Crippen molar-refractivity contribution in [2.75, 3.05) is 50.4 Å². The van der Waals surface area contributed by atoms with Crippen molar-refractivity contribution >= 4 is 34.3 Å². The molecule has 0 saturated carbocycles. The van der Waals surface area contributed by atoms with E-state index < -0.39 is 11.9 Å². The van der Waals surface area contributed by atoms with Gasteiger partial charge in [-0.25, -0.2) is 9.59 Å². The average molecular weight is 480 g/mol. The summed E-state index contributed by atoms with van der Waals surface area (Å²) in [6.45, 7) is 8.03. The number of fused-ring (bicyclic) bond motifs is 1. The van der Waals surface area contributed by atoms with Gasteiger partial charge in [0.25, 0.3) is 0 Å². The van der Waals surface area contributed by atoms with E-state index in [0.717, 1.165) is 30.0 Å². The van der Waals surface area contributed by atoms with Crippen LogP contribution < -0.4 is 9.80 Å². The molecule has 10 nitrogen and oxygen atoms in total. The van der Waals surface area contributed by atoms with E-state index in [4.69, 9.17) is 14.2 Å². The second kappa shape index (κ2) is 10.1. The maximum Gasteiger partial charge on any atom is 0.355 e. The predicted octanol–water partition coefficient (Wildman–Crippen LogP) is 2.97. The van der Waals surface area contributed by atoms with Crippen LogP contribution in [0.5, 0.6) is 0 Å². The summed E-state index contributed by atoms with van der Waals surface area (Å²) in [4.78, 5) is 30.4. The number of aromatic nitrogens is 3. The molecule has 0 atom stereocenters. The molecular weight excluding hydrogens is 450 g/mol. The predicted molar refractivity (Wildman–Crippen MR) is 132 cm³/mol. The van der Waals surface area contributed by atoms with Crippen molar-refractivity contribution in [3.8, 4) is 5.69 Å². The number of nitrogens with zero attached hydrogens (tertiary/aromatic N) is 5. The van der Waals surface area contributed by atoms with Gasteiger partial charge in [0, 0.05) is 24.5 Å². The highest BCUT2D eigenvalue weighted by atomic mass is 16.5. The Morgan fingerprint density at radius 2 is 1.63 bits per heavy atom. The van der Waals surface area contributed by atoms with Gasteiger partial charge in [-0.15, -0.1) is 10.2 Å². The number of esters is 2. The Bertz CT molecular complexity index is 1280. The van der Waals surface area contributed by atoms with Crippen molar-refractivity contribution in [3.05, 3.63) is 53.2 Å². The zero-order chi connectivity index (χ0) is 25.1. The van der Waals surface area contributed by atoms with Gasteiger partial charge < -0.3 is 24.0 Å². The summed E-state index contributed by atoms with van der Waals surface area (Å²) in [7, 11) is 2.53. The number of anilines is 2. The molecule has 0 aliphatic carbocycles. The Morgan fingerprint density at radius 3 is 2.23 bits per heavy atom. The Kier molecular flexibility index (Phi) is 7.02. The summed E-state index contributed by atoms with van der Waals surface area (Å²) in [5.74, 6) is -1.29. The van der Waals surface area contributed by atoms with E-state index in [0.29, 0.717) is 16.7 Å². The minimum absolute atomic E-state index is 0.0471. The van der Waals surface area contributed by atoms with Crippen molar-refractivity contribution in [3.63, 3.8) is 0 Å². The smallest absolute Gasteiger partial charge is 0.355 e. The highest BCUT2D eigenvalue weighted by Gasteiger charge is 2.33. The third kappa shape index (κ3) is 4.57. The van der Waals surface area contributed by atoms with Crippen molar-refractivity contribution in [1.29, 1.82) is 0 Å². The Balaban J connectivity index is 1.74. The van der Waals surface area contributed by atoms with Crippen LogP contribution in [0, 0.1) is 6.92 Å². The van der Waals surface area contributed by atoms with Gasteiger partial charge in [0.2, 0.25) is 0 Å². The lowest BCUT2D eigenvalue weighted by Crippen LogP contribution is -2.39. The molecule has 184 valence electrons. The summed E-state index contributed by atoms with van der Waals surface area (Å²) in [5.41, 5.74) is 4.99. The van der Waals surface area contributed by atoms with Gasteiger partial charge in [-0.1, -0.05) is 0 Å². The van der Waals surface area contributed by atoms with Crippen LogP contribution in [-0.2, 0) is 23.8 Å². The lowest BCUT2D eigenvalue weighted by Gasteiger charge is -2.32. The average Bonchev–Trinajstić information content (AvgIpc) is 3.30. The first-order chi connectivity index (χ1) is 16.9. The standard InChI is InChI=1S/C25H29N5O5/c1-6-28(7-2)17-8-10-18(11-9-17)30-26-20-12-16(3)22(13-21(20)27-30)29-15-35-14-19(24(31)33-4)23(29)25(32)34-5/h8-13H,6-7,14-15H2,1-5H3. The molecule has 0 amide bonds. The third-order valence-electron chi connectivity index (χ3n) is 6.03. The maximum absolute atomic E-state index is 12.6. The van der Waals surface area contributed by atoms with Crippen LogP contribution in [0.15, 0.2) is 47.7 Å². The Hall–Kier alpha value is -3.92. The summed E-state index contributed by atoms with van der Waals surface area (Å²) in [5, 5.41) is 9.29. The second-order valence-corrected chi connectivity index (χ2v) is 8.02. The van der Waals surface area contributed by atoms with E-state index in [2.05, 4.69) is 41.1 Å². The molecule has 0 bridgehead atoms. The van der Waals surface area contributed by atoms with Gasteiger partial charge >= 0.3 is 11.9 Å². The van der Waals surface area contributed by atoms with Crippen molar-refractivity contribution in [1.82, 2.24) is 15.0 Å². The largest absolute Gasteiger partial charge is 0.466 e. The van der Waals surface area contributed by atoms with Crippen LogP contribution in [0.4, 0.5) is 11.4 Å². The highest BCUT2D eigenvalue weighted by molar-refractivity contribution is 6.04. The fourth-order valence-electron chi connectivity index (χ4n) is 4.18. The van der Waals surface area contributed by atoms with Crippen LogP contribution in [0.2, 0.25) is 0 Å². The second-order valence-electron chi connectivity index (χ2n) is 8.02. The lowest BCUT2D eigenvalue weighted by molar-refractivity contribution is -0.140. The fourth-order valence-corrected chi connectivity index (χ4v) is 4.18. The Labute approximate surface area is 203 Å². The van der Waals surface area contributed by atoms with E-state index in [-0.39, 0.29) is 24.6 Å². The van der Waals surface area contributed by atoms with E-state index in [1.807, 2.05) is 31.2 Å². The third-order valence-corrected chi connectivity index (χ3v) is 6.03. The zero-order valence-electron chi connectivity index (χ0n) is 20.6. The van der Waals surface area contributed by atoms with E-state index in [1.54, 1.807) is 9.70 Å². The van der Waals surface area contributed by atoms with Gasteiger partial charge in [-0.05, 0) is 62.7 Å². The van der Waals surface area contributed by atoms with Crippen molar-refractivity contribution in [2.45, 2.75) is 20.8 Å². The molecule has 0 saturated heterocycles. The van der Waals surface area contributed by atoms with Crippen LogP contribution in [0.25, 0.3) is 16.7 Å². The quantitative estimate of drug-likeness (QED) is 0.474. The van der Waals surface area contributed by atoms with Crippen molar-refractivity contribution < 1.29 is 23.8 Å². The summed E-state index contributed by atoms with van der Waals surface area (Å²) < 4.78 is 15.4. The highest BCUT2D eigenvalue weighted by Crippen LogP contribution is 2.32. The molecule has 1 aromatic heterocycles. The molecule has 0 unspecified atom stereocenters. The first-order valence-corrected chi connectivity index (χ1v) is 11.4. The molecule has 0 radical (unpaired) electrons. The van der Waals surface area contributed by atoms with Gasteiger partial charge in [-0.2, -0.15) is 4.80 Å². The summed E-state index contributed by atoms with van der Waals surface area (Å²) in [6, 6.07) is 11.8. The molecule has 3 aromatic rings. The number of carbonyl (C=O) groups is 2. The van der Waals surface area contributed by atoms with Crippen LogP contribution in [-0.4, -0.2) is 67.6 Å². The van der Waals surface area contributed by atoms with Crippen LogP contribution in [0.3, 0.4) is 0 Å². The number of hydrogen-bond acceptors (Lipinski definition) is 9. The monoisotopic (exact) mass is 479 g/mol. The van der Waals surface area contributed by atoms with Gasteiger partial charge in [0.05, 0.1) is 32.1 Å². The molecular formula is C25H29N5O5. The molecule has 10 heteroatoms. The molecule has 0 N–H and O–H groups in total. The molecule has 1 aliphatic heterocycles. The number of benzene rings is 2. The van der Waals surface area contributed by atoms with E-state index >= 15 is 0 Å². The molecule has 2 heterocycles. The van der Waals surface area contributed by atoms with Crippen LogP contribution in [0.1, 0.15) is 19.4 Å². The van der Waals surface area contributed by atoms with Gasteiger partial charge in [-0.3, -0.25) is 0 Å². The molecule has 4 rings (SSSR count). The minimum atomic E-state index is -0.648. The molecule has 2 aromatic carbocycles. The van der Waals surface area contributed by atoms with Crippen molar-refractivity contribution in [2.24, 2.45) is 0 Å². The van der Waals surface area contributed by atoms with Gasteiger partial charge in [0.15, 0.2) is 0 Å². The van der Waals surface area contributed by atoms with Crippen LogP contribution >= 0.6 is 0 Å². The Morgan fingerprint density at radius 1 is 1.00 bits per heavy atom. The fraction of sp³-hybridized carbons (Fsp3) is 0.360. The molecule has 0 fully saturated rings. The molecule has 1 aliphatic rings. The lowest BCUT2D eigenvalue weighted by atomic mass is 10.1. The number of methoxy groups -OCH3 is 2. The number of rotatable bonds is 7. The first kappa shape index (κ1) is 24.2.